The third kappa shape index (κ3) is 4.93. The van der Waals surface area contributed by atoms with Crippen molar-refractivity contribution in [3.63, 3.8) is 0 Å². The molecule has 1 aliphatic rings. The Labute approximate surface area is 143 Å². The van der Waals surface area contributed by atoms with Gasteiger partial charge in [0.1, 0.15) is 17.8 Å². The van der Waals surface area contributed by atoms with E-state index in [0.29, 0.717) is 25.1 Å². The van der Waals surface area contributed by atoms with Crippen molar-refractivity contribution in [1.82, 2.24) is 10.2 Å². The highest BCUT2D eigenvalue weighted by Crippen LogP contribution is 2.20. The first-order valence-electron chi connectivity index (χ1n) is 7.73. The standard InChI is InChI=1S/C16H19N3O6/c17-13(20)9-11(15(22)23)18-14(21)12-7-4-8-19(12)16(24)25-10-5-2-1-3-6-10/h1-3,5-6,11-12H,4,7-9H2,(H2,17,20)(H,18,21)(H,22,23). The molecule has 134 valence electrons. The number of nitrogens with one attached hydrogen (secondary N) is 1. The molecule has 0 aliphatic carbocycles. The Balaban J connectivity index is 2.01. The topological polar surface area (TPSA) is 139 Å². The van der Waals surface area contributed by atoms with Crippen LogP contribution < -0.4 is 15.8 Å². The number of carboxylic acid groups (broad SMARTS) is 1. The lowest BCUT2D eigenvalue weighted by molar-refractivity contribution is -0.143. The van der Waals surface area contributed by atoms with E-state index in [2.05, 4.69) is 5.32 Å². The Morgan fingerprint density at radius 3 is 2.56 bits per heavy atom. The summed E-state index contributed by atoms with van der Waals surface area (Å²) in [6, 6.07) is 6.11. The van der Waals surface area contributed by atoms with Crippen LogP contribution in [0.4, 0.5) is 4.79 Å². The summed E-state index contributed by atoms with van der Waals surface area (Å²) in [6.45, 7) is 0.317. The minimum atomic E-state index is -1.43. The zero-order valence-corrected chi connectivity index (χ0v) is 13.4. The van der Waals surface area contributed by atoms with Gasteiger partial charge < -0.3 is 20.9 Å². The normalized spacial score (nSPS) is 17.6. The number of benzene rings is 1. The number of likely N-dealkylation sites (tertiary alicyclic amines) is 1. The van der Waals surface area contributed by atoms with Crippen molar-refractivity contribution in [2.75, 3.05) is 6.54 Å². The highest BCUT2D eigenvalue weighted by Gasteiger charge is 2.37. The van der Waals surface area contributed by atoms with E-state index in [9.17, 15) is 19.2 Å². The average Bonchev–Trinajstić information content (AvgIpc) is 3.04. The first-order chi connectivity index (χ1) is 11.9. The van der Waals surface area contributed by atoms with E-state index in [0.717, 1.165) is 0 Å². The second-order valence-corrected chi connectivity index (χ2v) is 5.60. The number of hydrogen-bond acceptors (Lipinski definition) is 5. The lowest BCUT2D eigenvalue weighted by Gasteiger charge is -2.24. The third-order valence-corrected chi connectivity index (χ3v) is 3.76. The molecule has 9 heteroatoms. The highest BCUT2D eigenvalue weighted by atomic mass is 16.6. The van der Waals surface area contributed by atoms with Gasteiger partial charge in [-0.25, -0.2) is 9.59 Å². The number of carboxylic acids is 1. The second-order valence-electron chi connectivity index (χ2n) is 5.60. The van der Waals surface area contributed by atoms with E-state index in [-0.39, 0.29) is 0 Å². The molecule has 3 amide bonds. The number of carbonyl (C=O) groups is 4. The Hall–Kier alpha value is -3.10. The number of hydrogen-bond donors (Lipinski definition) is 3. The van der Waals surface area contributed by atoms with E-state index in [4.69, 9.17) is 15.6 Å². The van der Waals surface area contributed by atoms with E-state index < -0.39 is 42.4 Å². The Bertz CT molecular complexity index is 663. The van der Waals surface area contributed by atoms with Gasteiger partial charge in [0.05, 0.1) is 6.42 Å². The van der Waals surface area contributed by atoms with Gasteiger partial charge in [-0.3, -0.25) is 14.5 Å². The van der Waals surface area contributed by atoms with Crippen LogP contribution in [0.2, 0.25) is 0 Å². The fourth-order valence-electron chi connectivity index (χ4n) is 2.57. The van der Waals surface area contributed by atoms with Gasteiger partial charge in [0, 0.05) is 6.54 Å². The van der Waals surface area contributed by atoms with Crippen molar-refractivity contribution in [2.24, 2.45) is 5.73 Å². The molecule has 2 rings (SSSR count). The maximum absolute atomic E-state index is 12.3. The van der Waals surface area contributed by atoms with Gasteiger partial charge in [-0.1, -0.05) is 18.2 Å². The van der Waals surface area contributed by atoms with Crippen LogP contribution in [0.15, 0.2) is 30.3 Å². The molecule has 0 spiro atoms. The molecule has 2 atom stereocenters. The van der Waals surface area contributed by atoms with E-state index in [1.165, 1.54) is 4.90 Å². The average molecular weight is 349 g/mol. The number of nitrogens with zero attached hydrogens (tertiary/aromatic N) is 1. The third-order valence-electron chi connectivity index (χ3n) is 3.76. The summed E-state index contributed by atoms with van der Waals surface area (Å²) in [5.74, 6) is -2.53. The monoisotopic (exact) mass is 349 g/mol. The first kappa shape index (κ1) is 18.2. The van der Waals surface area contributed by atoms with Crippen molar-refractivity contribution < 1.29 is 29.0 Å². The summed E-state index contributed by atoms with van der Waals surface area (Å²) in [5, 5.41) is 11.3. The van der Waals surface area contributed by atoms with E-state index in [1.54, 1.807) is 30.3 Å². The fourth-order valence-corrected chi connectivity index (χ4v) is 2.57. The van der Waals surface area contributed by atoms with Crippen LogP contribution in [0.25, 0.3) is 0 Å². The second kappa shape index (κ2) is 8.13. The predicted octanol–water partition coefficient (Wildman–Crippen LogP) is 0.0946. The van der Waals surface area contributed by atoms with Crippen LogP contribution in [-0.4, -0.2) is 52.5 Å². The van der Waals surface area contributed by atoms with Gasteiger partial charge in [0.2, 0.25) is 11.8 Å². The predicted molar refractivity (Wildman–Crippen MR) is 85.6 cm³/mol. The number of ether oxygens (including phenoxy) is 1. The molecule has 9 nitrogen and oxygen atoms in total. The maximum Gasteiger partial charge on any atom is 0.415 e. The lowest BCUT2D eigenvalue weighted by Crippen LogP contribution is -2.52. The van der Waals surface area contributed by atoms with Gasteiger partial charge in [0.25, 0.3) is 0 Å². The number of aliphatic carboxylic acids is 1. The molecule has 0 radical (unpaired) electrons. The van der Waals surface area contributed by atoms with E-state index in [1.807, 2.05) is 0 Å². The van der Waals surface area contributed by atoms with Crippen LogP contribution in [0, 0.1) is 0 Å². The van der Waals surface area contributed by atoms with Crippen LogP contribution in [-0.2, 0) is 14.4 Å². The number of primary amides is 1. The Morgan fingerprint density at radius 1 is 1.28 bits per heavy atom. The maximum atomic E-state index is 12.3. The number of para-hydroxylation sites is 1. The fraction of sp³-hybridized carbons (Fsp3) is 0.375. The van der Waals surface area contributed by atoms with Crippen molar-refractivity contribution in [2.45, 2.75) is 31.3 Å². The summed E-state index contributed by atoms with van der Waals surface area (Å²) in [7, 11) is 0. The smallest absolute Gasteiger partial charge is 0.415 e. The highest BCUT2D eigenvalue weighted by molar-refractivity contribution is 5.92. The van der Waals surface area contributed by atoms with Crippen LogP contribution in [0.1, 0.15) is 19.3 Å². The van der Waals surface area contributed by atoms with Crippen LogP contribution in [0.5, 0.6) is 5.75 Å². The first-order valence-corrected chi connectivity index (χ1v) is 7.73. The zero-order valence-electron chi connectivity index (χ0n) is 13.4. The van der Waals surface area contributed by atoms with Gasteiger partial charge in [-0.05, 0) is 25.0 Å². The molecule has 1 aromatic rings. The largest absolute Gasteiger partial charge is 0.480 e. The van der Waals surface area contributed by atoms with Crippen molar-refractivity contribution in [3.05, 3.63) is 30.3 Å². The Morgan fingerprint density at radius 2 is 1.96 bits per heavy atom. The molecule has 1 aliphatic heterocycles. The van der Waals surface area contributed by atoms with Gasteiger partial charge in [0.15, 0.2) is 0 Å². The van der Waals surface area contributed by atoms with Crippen molar-refractivity contribution >= 4 is 23.9 Å². The molecule has 1 fully saturated rings. The summed E-state index contributed by atoms with van der Waals surface area (Å²) in [4.78, 5) is 47.9. The molecule has 2 unspecified atom stereocenters. The molecule has 0 bridgehead atoms. The van der Waals surface area contributed by atoms with Crippen LogP contribution >= 0.6 is 0 Å². The number of nitrogens with two attached hydrogens (primary N) is 1. The quantitative estimate of drug-likeness (QED) is 0.665. The van der Waals surface area contributed by atoms with Gasteiger partial charge in [-0.15, -0.1) is 0 Å². The summed E-state index contributed by atoms with van der Waals surface area (Å²) >= 11 is 0. The number of amides is 3. The minimum absolute atomic E-state index is 0.317. The molecule has 0 saturated carbocycles. The molecule has 1 saturated heterocycles. The molecular formula is C16H19N3O6. The summed E-state index contributed by atoms with van der Waals surface area (Å²) in [6.07, 6.45) is -0.262. The minimum Gasteiger partial charge on any atom is -0.480 e. The molecule has 1 heterocycles. The molecule has 1 aromatic carbocycles. The van der Waals surface area contributed by atoms with Gasteiger partial charge in [-0.2, -0.15) is 0 Å². The number of carbonyl (C=O) groups excluding carboxylic acids is 3. The molecule has 4 N–H and O–H groups in total. The van der Waals surface area contributed by atoms with Crippen LogP contribution in [0.3, 0.4) is 0 Å². The summed E-state index contributed by atoms with van der Waals surface area (Å²) < 4.78 is 5.21. The lowest BCUT2D eigenvalue weighted by atomic mass is 10.1. The number of rotatable bonds is 6. The molecule has 25 heavy (non-hydrogen) atoms. The SMILES string of the molecule is NC(=O)CC(NC(=O)C1CCCN1C(=O)Oc1ccccc1)C(=O)O. The van der Waals surface area contributed by atoms with Crippen molar-refractivity contribution in [3.8, 4) is 5.75 Å². The molecular weight excluding hydrogens is 330 g/mol. The Kier molecular flexibility index (Phi) is 5.93. The van der Waals surface area contributed by atoms with Gasteiger partial charge >= 0.3 is 12.1 Å². The van der Waals surface area contributed by atoms with Crippen molar-refractivity contribution in [1.29, 1.82) is 0 Å². The molecule has 0 aromatic heterocycles. The zero-order chi connectivity index (χ0) is 18.4. The summed E-state index contributed by atoms with van der Waals surface area (Å²) in [5.41, 5.74) is 4.98. The van der Waals surface area contributed by atoms with E-state index >= 15 is 0 Å².